The Hall–Kier alpha value is -3.09. The van der Waals surface area contributed by atoms with Gasteiger partial charge in [0.2, 0.25) is 5.91 Å². The number of furan rings is 1. The number of hydrogen-bond acceptors (Lipinski definition) is 4. The number of hydrogen-bond donors (Lipinski definition) is 2. The van der Waals surface area contributed by atoms with Crippen molar-refractivity contribution in [2.24, 2.45) is 0 Å². The Morgan fingerprint density at radius 1 is 1.28 bits per heavy atom. The molecule has 130 valence electrons. The summed E-state index contributed by atoms with van der Waals surface area (Å²) in [6.07, 6.45) is 1.41. The molecule has 0 radical (unpaired) electrons. The Bertz CT molecular complexity index is 822. The summed E-state index contributed by atoms with van der Waals surface area (Å²) in [7, 11) is 0. The first-order valence-electron chi connectivity index (χ1n) is 7.97. The molecule has 1 aromatic carbocycles. The van der Waals surface area contributed by atoms with Crippen LogP contribution in [0.4, 0.5) is 5.69 Å². The van der Waals surface area contributed by atoms with Crippen LogP contribution in [-0.4, -0.2) is 29.4 Å². The van der Waals surface area contributed by atoms with E-state index in [0.717, 1.165) is 12.1 Å². The number of anilines is 1. The van der Waals surface area contributed by atoms with Gasteiger partial charge in [-0.25, -0.2) is 4.79 Å². The first-order valence-corrected chi connectivity index (χ1v) is 7.97. The monoisotopic (exact) mass is 342 g/mol. The molecule has 7 heteroatoms. The van der Waals surface area contributed by atoms with Crippen LogP contribution >= 0.6 is 0 Å². The van der Waals surface area contributed by atoms with E-state index in [0.29, 0.717) is 30.0 Å². The molecule has 1 fully saturated rings. The third-order valence-electron chi connectivity index (χ3n) is 4.14. The fraction of sp³-hybridized carbons (Fsp3) is 0.278. The maximum absolute atomic E-state index is 12.2. The molecule has 0 bridgehead atoms. The number of aryl methyl sites for hydroxylation is 1. The molecule has 0 unspecified atom stereocenters. The summed E-state index contributed by atoms with van der Waals surface area (Å²) in [6, 6.07) is 8.22. The second kappa shape index (κ2) is 6.80. The number of carboxylic acids is 1. The first-order chi connectivity index (χ1) is 12.0. The number of benzene rings is 1. The highest BCUT2D eigenvalue weighted by molar-refractivity contribution is 5.97. The van der Waals surface area contributed by atoms with Crippen molar-refractivity contribution in [3.8, 4) is 0 Å². The minimum Gasteiger partial charge on any atom is -0.478 e. The van der Waals surface area contributed by atoms with Crippen molar-refractivity contribution >= 4 is 23.5 Å². The highest BCUT2D eigenvalue weighted by Crippen LogP contribution is 2.21. The van der Waals surface area contributed by atoms with Crippen molar-refractivity contribution in [3.63, 3.8) is 0 Å². The van der Waals surface area contributed by atoms with Crippen LogP contribution in [0.1, 0.15) is 45.1 Å². The zero-order valence-corrected chi connectivity index (χ0v) is 13.7. The Labute approximate surface area is 144 Å². The lowest BCUT2D eigenvalue weighted by Gasteiger charge is -2.15. The van der Waals surface area contributed by atoms with Gasteiger partial charge in [0.1, 0.15) is 17.1 Å². The van der Waals surface area contributed by atoms with E-state index in [1.807, 2.05) is 0 Å². The number of rotatable bonds is 5. The van der Waals surface area contributed by atoms with Crippen LogP contribution in [0, 0.1) is 6.92 Å². The number of carbonyl (C=O) groups excluding carboxylic acids is 2. The average Bonchev–Trinajstić information content (AvgIpc) is 3.18. The van der Waals surface area contributed by atoms with E-state index in [-0.39, 0.29) is 23.9 Å². The predicted molar refractivity (Wildman–Crippen MR) is 89.6 cm³/mol. The molecular weight excluding hydrogens is 324 g/mol. The summed E-state index contributed by atoms with van der Waals surface area (Å²) in [5, 5.41) is 11.7. The summed E-state index contributed by atoms with van der Waals surface area (Å²) in [4.78, 5) is 36.6. The molecule has 2 heterocycles. The van der Waals surface area contributed by atoms with Gasteiger partial charge in [-0.15, -0.1) is 0 Å². The van der Waals surface area contributed by atoms with E-state index in [1.54, 1.807) is 36.1 Å². The van der Waals surface area contributed by atoms with E-state index in [9.17, 15) is 14.4 Å². The molecule has 3 rings (SSSR count). The SMILES string of the molecule is Cc1oc(CNC(=O)c2ccc(N3CCCC3=O)cc2)cc1C(=O)O. The fourth-order valence-electron chi connectivity index (χ4n) is 2.83. The zero-order valence-electron chi connectivity index (χ0n) is 13.7. The van der Waals surface area contributed by atoms with Gasteiger partial charge < -0.3 is 19.7 Å². The molecule has 2 aromatic rings. The van der Waals surface area contributed by atoms with Crippen molar-refractivity contribution in [2.45, 2.75) is 26.3 Å². The molecule has 1 aliphatic rings. The van der Waals surface area contributed by atoms with Crippen LogP contribution in [0.2, 0.25) is 0 Å². The van der Waals surface area contributed by atoms with Gasteiger partial charge in [0.05, 0.1) is 6.54 Å². The molecule has 1 saturated heterocycles. The van der Waals surface area contributed by atoms with E-state index in [2.05, 4.69) is 5.32 Å². The third kappa shape index (κ3) is 3.55. The van der Waals surface area contributed by atoms with Gasteiger partial charge in [0.25, 0.3) is 5.91 Å². The maximum atomic E-state index is 12.2. The molecule has 0 atom stereocenters. The van der Waals surface area contributed by atoms with Crippen LogP contribution < -0.4 is 10.2 Å². The molecule has 2 N–H and O–H groups in total. The summed E-state index contributed by atoms with van der Waals surface area (Å²) < 4.78 is 5.32. The Balaban J connectivity index is 1.62. The quantitative estimate of drug-likeness (QED) is 0.869. The number of carbonyl (C=O) groups is 3. The summed E-state index contributed by atoms with van der Waals surface area (Å²) >= 11 is 0. The summed E-state index contributed by atoms with van der Waals surface area (Å²) in [5.41, 5.74) is 1.33. The van der Waals surface area contributed by atoms with Crippen molar-refractivity contribution in [3.05, 3.63) is 53.0 Å². The van der Waals surface area contributed by atoms with Crippen LogP contribution in [0.3, 0.4) is 0 Å². The third-order valence-corrected chi connectivity index (χ3v) is 4.14. The normalized spacial score (nSPS) is 14.0. The van der Waals surface area contributed by atoms with Gasteiger partial charge in [0.15, 0.2) is 0 Å². The van der Waals surface area contributed by atoms with Crippen LogP contribution in [0.15, 0.2) is 34.7 Å². The van der Waals surface area contributed by atoms with Crippen LogP contribution in [0.5, 0.6) is 0 Å². The van der Waals surface area contributed by atoms with Gasteiger partial charge >= 0.3 is 5.97 Å². The number of carboxylic acid groups (broad SMARTS) is 1. The van der Waals surface area contributed by atoms with Crippen LogP contribution in [-0.2, 0) is 11.3 Å². The van der Waals surface area contributed by atoms with Gasteiger partial charge in [-0.3, -0.25) is 9.59 Å². The highest BCUT2D eigenvalue weighted by Gasteiger charge is 2.21. The van der Waals surface area contributed by atoms with Crippen molar-refractivity contribution in [1.82, 2.24) is 5.32 Å². The number of nitrogens with one attached hydrogen (secondary N) is 1. The second-order valence-electron chi connectivity index (χ2n) is 5.87. The lowest BCUT2D eigenvalue weighted by atomic mass is 10.2. The molecule has 1 aliphatic heterocycles. The van der Waals surface area contributed by atoms with Gasteiger partial charge in [-0.05, 0) is 43.7 Å². The van der Waals surface area contributed by atoms with E-state index in [1.165, 1.54) is 6.07 Å². The largest absolute Gasteiger partial charge is 0.478 e. The molecule has 0 saturated carbocycles. The minimum absolute atomic E-state index is 0.0869. The molecule has 1 aromatic heterocycles. The molecule has 0 spiro atoms. The highest BCUT2D eigenvalue weighted by atomic mass is 16.4. The van der Waals surface area contributed by atoms with Crippen molar-refractivity contribution in [2.75, 3.05) is 11.4 Å². The lowest BCUT2D eigenvalue weighted by molar-refractivity contribution is -0.117. The molecule has 25 heavy (non-hydrogen) atoms. The number of nitrogens with zero attached hydrogens (tertiary/aromatic N) is 1. The Morgan fingerprint density at radius 3 is 2.56 bits per heavy atom. The van der Waals surface area contributed by atoms with Gasteiger partial charge in [0, 0.05) is 24.2 Å². The van der Waals surface area contributed by atoms with Crippen LogP contribution in [0.25, 0.3) is 0 Å². The Morgan fingerprint density at radius 2 is 2.00 bits per heavy atom. The minimum atomic E-state index is -1.06. The lowest BCUT2D eigenvalue weighted by Crippen LogP contribution is -2.24. The standard InChI is InChI=1S/C18H18N2O5/c1-11-15(18(23)24)9-14(25-11)10-19-17(22)12-4-6-13(7-5-12)20-8-2-3-16(20)21/h4-7,9H,2-3,8,10H2,1H3,(H,19,22)(H,23,24). The zero-order chi connectivity index (χ0) is 18.0. The fourth-order valence-corrected chi connectivity index (χ4v) is 2.83. The maximum Gasteiger partial charge on any atom is 0.339 e. The topological polar surface area (TPSA) is 99.9 Å². The predicted octanol–water partition coefficient (Wildman–Crippen LogP) is 2.34. The first kappa shape index (κ1) is 16.8. The molecule has 2 amide bonds. The number of amides is 2. The average molecular weight is 342 g/mol. The Kier molecular flexibility index (Phi) is 4.56. The van der Waals surface area contributed by atoms with E-state index in [4.69, 9.17) is 9.52 Å². The smallest absolute Gasteiger partial charge is 0.339 e. The molecule has 0 aliphatic carbocycles. The van der Waals surface area contributed by atoms with E-state index < -0.39 is 5.97 Å². The van der Waals surface area contributed by atoms with E-state index >= 15 is 0 Å². The van der Waals surface area contributed by atoms with Crippen molar-refractivity contribution < 1.29 is 23.9 Å². The number of aromatic carboxylic acids is 1. The second-order valence-corrected chi connectivity index (χ2v) is 5.87. The summed E-state index contributed by atoms with van der Waals surface area (Å²) in [5.74, 6) is -0.588. The summed E-state index contributed by atoms with van der Waals surface area (Å²) in [6.45, 7) is 2.36. The van der Waals surface area contributed by atoms with Crippen molar-refractivity contribution in [1.29, 1.82) is 0 Å². The molecular formula is C18H18N2O5. The van der Waals surface area contributed by atoms with Gasteiger partial charge in [-0.2, -0.15) is 0 Å². The molecule has 7 nitrogen and oxygen atoms in total. The van der Waals surface area contributed by atoms with Gasteiger partial charge in [-0.1, -0.05) is 0 Å².